The highest BCUT2D eigenvalue weighted by atomic mass is 16.5. The highest BCUT2D eigenvalue weighted by molar-refractivity contribution is 5.80. The molecule has 1 amide bonds. The first-order chi connectivity index (χ1) is 12.7. The van der Waals surface area contributed by atoms with Crippen LogP contribution in [0.3, 0.4) is 0 Å². The van der Waals surface area contributed by atoms with Crippen molar-refractivity contribution >= 4 is 12.4 Å². The third-order valence-corrected chi connectivity index (χ3v) is 4.30. The first kappa shape index (κ1) is 17.8. The van der Waals surface area contributed by atoms with Crippen molar-refractivity contribution in [1.82, 2.24) is 4.90 Å². The fraction of sp³-hybridized carbons (Fsp3) is 0.300. The van der Waals surface area contributed by atoms with E-state index in [-0.39, 0.29) is 6.10 Å². The van der Waals surface area contributed by atoms with Crippen LogP contribution < -0.4 is 9.47 Å². The Bertz CT molecular complexity index is 762. The van der Waals surface area contributed by atoms with Crippen LogP contribution in [0.5, 0.6) is 11.5 Å². The number of hydrogen-bond acceptors (Lipinski definition) is 4. The van der Waals surface area contributed by atoms with Gasteiger partial charge in [0.25, 0.3) is 0 Å². The summed E-state index contributed by atoms with van der Waals surface area (Å²) in [4.78, 5) is 23.9. The van der Waals surface area contributed by atoms with Crippen molar-refractivity contribution in [2.45, 2.75) is 25.6 Å². The van der Waals surface area contributed by atoms with Gasteiger partial charge in [0.2, 0.25) is 0 Å². The molecule has 3 rings (SSSR count). The van der Waals surface area contributed by atoms with Crippen LogP contribution in [0.25, 0.3) is 0 Å². The Morgan fingerprint density at radius 1 is 1.23 bits per heavy atom. The molecule has 0 aromatic heterocycles. The second kappa shape index (κ2) is 8.38. The maximum Gasteiger partial charge on any atom is 0.407 e. The van der Waals surface area contributed by atoms with E-state index in [9.17, 15) is 9.59 Å². The minimum absolute atomic E-state index is 0.213. The van der Waals surface area contributed by atoms with Gasteiger partial charge >= 0.3 is 6.09 Å². The van der Waals surface area contributed by atoms with E-state index in [1.807, 2.05) is 30.3 Å². The Hall–Kier alpha value is -3.02. The SMILES string of the molecule is O=Cc1cc(O[C@@H]2CCCN(C(=O)O)C2)ccc1OCc1ccccc1. The number of carboxylic acid groups (broad SMARTS) is 1. The Balaban J connectivity index is 1.64. The molecule has 136 valence electrons. The minimum Gasteiger partial charge on any atom is -0.489 e. The van der Waals surface area contributed by atoms with Gasteiger partial charge in [0, 0.05) is 6.54 Å². The van der Waals surface area contributed by atoms with Gasteiger partial charge in [0.15, 0.2) is 6.29 Å². The zero-order valence-corrected chi connectivity index (χ0v) is 14.3. The van der Waals surface area contributed by atoms with Crippen LogP contribution in [0.15, 0.2) is 48.5 Å². The Labute approximate surface area is 152 Å². The van der Waals surface area contributed by atoms with Crippen molar-refractivity contribution in [1.29, 1.82) is 0 Å². The molecule has 0 saturated carbocycles. The lowest BCUT2D eigenvalue weighted by molar-refractivity contribution is 0.0791. The minimum atomic E-state index is -0.934. The molecule has 1 aliphatic heterocycles. The smallest absolute Gasteiger partial charge is 0.407 e. The number of piperidine rings is 1. The molecule has 0 spiro atoms. The lowest BCUT2D eigenvalue weighted by Crippen LogP contribution is -2.43. The third kappa shape index (κ3) is 4.53. The number of nitrogens with zero attached hydrogens (tertiary/aromatic N) is 1. The molecule has 0 radical (unpaired) electrons. The predicted molar refractivity (Wildman–Crippen MR) is 95.9 cm³/mol. The molecule has 2 aromatic rings. The third-order valence-electron chi connectivity index (χ3n) is 4.30. The summed E-state index contributed by atoms with van der Waals surface area (Å²) in [5.74, 6) is 1.03. The number of carbonyl (C=O) groups excluding carboxylic acids is 1. The zero-order valence-electron chi connectivity index (χ0n) is 14.3. The van der Waals surface area contributed by atoms with Gasteiger partial charge in [0.1, 0.15) is 24.2 Å². The van der Waals surface area contributed by atoms with Crippen LogP contribution >= 0.6 is 0 Å². The molecule has 1 heterocycles. The summed E-state index contributed by atoms with van der Waals surface area (Å²) in [7, 11) is 0. The van der Waals surface area contributed by atoms with Gasteiger partial charge in [-0.2, -0.15) is 0 Å². The molecule has 1 aliphatic rings. The van der Waals surface area contributed by atoms with Crippen LogP contribution in [0.4, 0.5) is 4.79 Å². The van der Waals surface area contributed by atoms with Gasteiger partial charge in [-0.3, -0.25) is 4.79 Å². The first-order valence-corrected chi connectivity index (χ1v) is 8.56. The topological polar surface area (TPSA) is 76.1 Å². The highest BCUT2D eigenvalue weighted by Gasteiger charge is 2.24. The molecule has 1 fully saturated rings. The zero-order chi connectivity index (χ0) is 18.4. The first-order valence-electron chi connectivity index (χ1n) is 8.56. The number of aldehydes is 1. The van der Waals surface area contributed by atoms with E-state index in [2.05, 4.69) is 0 Å². The molecule has 2 aromatic carbocycles. The molecule has 6 nitrogen and oxygen atoms in total. The van der Waals surface area contributed by atoms with Crippen LogP contribution in [-0.4, -0.2) is 41.6 Å². The largest absolute Gasteiger partial charge is 0.489 e. The molecular weight excluding hydrogens is 334 g/mol. The Kier molecular flexibility index (Phi) is 5.73. The molecule has 0 bridgehead atoms. The number of ether oxygens (including phenoxy) is 2. The molecule has 1 N–H and O–H groups in total. The molecule has 0 aliphatic carbocycles. The molecule has 1 atom stereocenters. The summed E-state index contributed by atoms with van der Waals surface area (Å²) in [6, 6.07) is 14.8. The summed E-state index contributed by atoms with van der Waals surface area (Å²) in [5, 5.41) is 9.10. The van der Waals surface area contributed by atoms with Gasteiger partial charge in [-0.25, -0.2) is 4.79 Å². The van der Waals surface area contributed by atoms with Crippen LogP contribution in [-0.2, 0) is 6.61 Å². The monoisotopic (exact) mass is 355 g/mol. The van der Waals surface area contributed by atoms with E-state index < -0.39 is 6.09 Å². The summed E-state index contributed by atoms with van der Waals surface area (Å²) in [6.45, 7) is 1.23. The van der Waals surface area contributed by atoms with Gasteiger partial charge in [-0.1, -0.05) is 30.3 Å². The number of hydrogen-bond donors (Lipinski definition) is 1. The van der Waals surface area contributed by atoms with Gasteiger partial charge in [-0.15, -0.1) is 0 Å². The van der Waals surface area contributed by atoms with Crippen LogP contribution in [0, 0.1) is 0 Å². The highest BCUT2D eigenvalue weighted by Crippen LogP contribution is 2.26. The van der Waals surface area contributed by atoms with Crippen LogP contribution in [0.1, 0.15) is 28.8 Å². The maximum atomic E-state index is 11.4. The van der Waals surface area contributed by atoms with Gasteiger partial charge in [0.05, 0.1) is 12.1 Å². The quantitative estimate of drug-likeness (QED) is 0.801. The maximum absolute atomic E-state index is 11.4. The lowest BCUT2D eigenvalue weighted by Gasteiger charge is -2.31. The predicted octanol–water partition coefficient (Wildman–Crippen LogP) is 3.60. The van der Waals surface area contributed by atoms with Crippen molar-refractivity contribution in [2.24, 2.45) is 0 Å². The van der Waals surface area contributed by atoms with E-state index in [1.165, 1.54) is 4.90 Å². The molecule has 26 heavy (non-hydrogen) atoms. The molecular formula is C20H21NO5. The number of rotatable bonds is 6. The van der Waals surface area contributed by atoms with Gasteiger partial charge < -0.3 is 19.5 Å². The summed E-state index contributed by atoms with van der Waals surface area (Å²) < 4.78 is 11.6. The standard InChI is InChI=1S/C20H21NO5/c22-13-16-11-17(26-18-7-4-10-21(12-18)20(23)24)8-9-19(16)25-14-15-5-2-1-3-6-15/h1-3,5-6,8-9,11,13,18H,4,7,10,12,14H2,(H,23,24)/t18-/m1/s1. The van der Waals surface area contributed by atoms with Crippen LogP contribution in [0.2, 0.25) is 0 Å². The molecule has 6 heteroatoms. The Morgan fingerprint density at radius 3 is 2.77 bits per heavy atom. The summed E-state index contributed by atoms with van der Waals surface area (Å²) in [5.41, 5.74) is 1.42. The van der Waals surface area contributed by atoms with E-state index in [4.69, 9.17) is 14.6 Å². The number of carbonyl (C=O) groups is 2. The van der Waals surface area contributed by atoms with E-state index in [1.54, 1.807) is 18.2 Å². The van der Waals surface area contributed by atoms with E-state index in [0.29, 0.717) is 36.8 Å². The van der Waals surface area contributed by atoms with Crippen molar-refractivity contribution < 1.29 is 24.2 Å². The normalized spacial score (nSPS) is 16.8. The van der Waals surface area contributed by atoms with E-state index in [0.717, 1.165) is 24.7 Å². The van der Waals surface area contributed by atoms with Crippen molar-refractivity contribution in [3.63, 3.8) is 0 Å². The van der Waals surface area contributed by atoms with Crippen molar-refractivity contribution in [2.75, 3.05) is 13.1 Å². The second-order valence-corrected chi connectivity index (χ2v) is 6.20. The molecule has 0 unspecified atom stereocenters. The average Bonchev–Trinajstić information content (AvgIpc) is 2.68. The summed E-state index contributed by atoms with van der Waals surface area (Å²) >= 11 is 0. The Morgan fingerprint density at radius 2 is 2.04 bits per heavy atom. The second-order valence-electron chi connectivity index (χ2n) is 6.20. The summed E-state index contributed by atoms with van der Waals surface area (Å²) in [6.07, 6.45) is 1.13. The van der Waals surface area contributed by atoms with Crippen molar-refractivity contribution in [3.8, 4) is 11.5 Å². The van der Waals surface area contributed by atoms with Gasteiger partial charge in [-0.05, 0) is 36.6 Å². The molecule has 1 saturated heterocycles. The fourth-order valence-electron chi connectivity index (χ4n) is 2.96. The number of likely N-dealkylation sites (tertiary alicyclic amines) is 1. The van der Waals surface area contributed by atoms with Crippen molar-refractivity contribution in [3.05, 3.63) is 59.7 Å². The fourth-order valence-corrected chi connectivity index (χ4v) is 2.96. The lowest BCUT2D eigenvalue weighted by atomic mass is 10.1. The van der Waals surface area contributed by atoms with E-state index >= 15 is 0 Å². The number of amides is 1. The number of benzene rings is 2. The average molecular weight is 355 g/mol.